The molecule has 0 radical (unpaired) electrons. The van der Waals surface area contributed by atoms with Crippen LogP contribution in [0.15, 0.2) is 30.3 Å². The van der Waals surface area contributed by atoms with Crippen LogP contribution in [0, 0.1) is 23.7 Å². The molecule has 1 aliphatic carbocycles. The SMILES string of the molecule is CC(C)C[C@H](O)[C@H](O)[C@H](CC1CCCCC1)NC(=O)[C@H](C)CNC(=O)[C@@H](CSCCCN(C(C)C)C(C)C)Cc1ccccc1. The van der Waals surface area contributed by atoms with Gasteiger partial charge in [-0.15, -0.1) is 0 Å². The molecule has 0 aliphatic heterocycles. The molecule has 0 saturated heterocycles. The molecular weight excluding hydrogens is 582 g/mol. The molecule has 1 aliphatic rings. The highest BCUT2D eigenvalue weighted by atomic mass is 32.2. The summed E-state index contributed by atoms with van der Waals surface area (Å²) in [7, 11) is 0. The Morgan fingerprint density at radius 1 is 0.933 bits per heavy atom. The summed E-state index contributed by atoms with van der Waals surface area (Å²) in [5, 5.41) is 27.9. The fourth-order valence-corrected chi connectivity index (χ4v) is 7.64. The van der Waals surface area contributed by atoms with E-state index in [2.05, 4.69) is 55.4 Å². The molecular formula is C37H65N3O4S. The van der Waals surface area contributed by atoms with Crippen molar-refractivity contribution >= 4 is 23.6 Å². The molecule has 1 aromatic rings. The van der Waals surface area contributed by atoms with Crippen LogP contribution in [0.5, 0.6) is 0 Å². The molecule has 0 bridgehead atoms. The first-order chi connectivity index (χ1) is 21.4. The third-order valence-electron chi connectivity index (χ3n) is 9.24. The van der Waals surface area contributed by atoms with Crippen LogP contribution in [0.1, 0.15) is 105 Å². The summed E-state index contributed by atoms with van der Waals surface area (Å²) in [4.78, 5) is 29.3. The number of aliphatic hydroxyl groups is 2. The van der Waals surface area contributed by atoms with Crippen molar-refractivity contribution in [1.29, 1.82) is 0 Å². The van der Waals surface area contributed by atoms with Gasteiger partial charge in [-0.3, -0.25) is 14.5 Å². The Morgan fingerprint density at radius 3 is 2.18 bits per heavy atom. The van der Waals surface area contributed by atoms with Crippen LogP contribution in [-0.2, 0) is 16.0 Å². The monoisotopic (exact) mass is 647 g/mol. The maximum Gasteiger partial charge on any atom is 0.224 e. The molecule has 45 heavy (non-hydrogen) atoms. The number of nitrogens with zero attached hydrogens (tertiary/aromatic N) is 1. The van der Waals surface area contributed by atoms with E-state index >= 15 is 0 Å². The second-order valence-corrected chi connectivity index (χ2v) is 15.6. The van der Waals surface area contributed by atoms with Crippen molar-refractivity contribution in [2.45, 2.75) is 137 Å². The van der Waals surface area contributed by atoms with Gasteiger partial charge in [0, 0.05) is 24.4 Å². The van der Waals surface area contributed by atoms with Gasteiger partial charge in [0.25, 0.3) is 0 Å². The summed E-state index contributed by atoms with van der Waals surface area (Å²) in [6.07, 6.45) is 6.78. The lowest BCUT2D eigenvalue weighted by atomic mass is 9.82. The predicted octanol–water partition coefficient (Wildman–Crippen LogP) is 6.06. The minimum Gasteiger partial charge on any atom is -0.390 e. The second kappa shape index (κ2) is 21.3. The molecule has 2 amide bonds. The number of rotatable bonds is 21. The quantitative estimate of drug-likeness (QED) is 0.121. The molecule has 4 N–H and O–H groups in total. The molecule has 1 saturated carbocycles. The van der Waals surface area contributed by atoms with Crippen LogP contribution in [0.4, 0.5) is 0 Å². The summed E-state index contributed by atoms with van der Waals surface area (Å²) in [6.45, 7) is 16.1. The van der Waals surface area contributed by atoms with Gasteiger partial charge in [-0.25, -0.2) is 0 Å². The Morgan fingerprint density at radius 2 is 1.58 bits per heavy atom. The standard InChI is InChI=1S/C37H65N3O4S/c1-26(2)21-34(41)35(42)33(23-31-17-12-9-13-18-31)39-36(43)29(7)24-38-37(44)32(22-30-15-10-8-11-16-30)25-45-20-14-19-40(27(3)4)28(5)6/h8,10-11,15-16,26-29,31-35,41-42H,9,12-14,17-25H2,1-7H3,(H,38,44)(H,39,43)/t29-,32-,33+,34+,35-/m1/s1. The molecule has 7 nitrogen and oxygen atoms in total. The molecule has 1 aromatic carbocycles. The van der Waals surface area contributed by atoms with Crippen molar-refractivity contribution < 1.29 is 19.8 Å². The van der Waals surface area contributed by atoms with Crippen LogP contribution in [0.2, 0.25) is 0 Å². The topological polar surface area (TPSA) is 102 Å². The van der Waals surface area contributed by atoms with Crippen molar-refractivity contribution in [2.24, 2.45) is 23.7 Å². The minimum absolute atomic E-state index is 0.0249. The summed E-state index contributed by atoms with van der Waals surface area (Å²) in [5.41, 5.74) is 1.13. The molecule has 2 rings (SSSR count). The highest BCUT2D eigenvalue weighted by molar-refractivity contribution is 7.99. The number of benzene rings is 1. The van der Waals surface area contributed by atoms with E-state index in [9.17, 15) is 19.8 Å². The number of thioether (sulfide) groups is 1. The van der Waals surface area contributed by atoms with E-state index in [-0.39, 0.29) is 30.2 Å². The normalized spacial score (nSPS) is 17.8. The largest absolute Gasteiger partial charge is 0.390 e. The van der Waals surface area contributed by atoms with Crippen LogP contribution in [0.25, 0.3) is 0 Å². The number of aliphatic hydroxyl groups excluding tert-OH is 2. The van der Waals surface area contributed by atoms with E-state index in [0.717, 1.165) is 42.9 Å². The zero-order valence-corrected chi connectivity index (χ0v) is 30.2. The van der Waals surface area contributed by atoms with E-state index < -0.39 is 24.2 Å². The maximum absolute atomic E-state index is 13.5. The third kappa shape index (κ3) is 15.2. The van der Waals surface area contributed by atoms with Gasteiger partial charge in [0.15, 0.2) is 0 Å². The number of hydrogen-bond acceptors (Lipinski definition) is 6. The van der Waals surface area contributed by atoms with Gasteiger partial charge in [-0.05, 0) is 83.1 Å². The minimum atomic E-state index is -1.01. The van der Waals surface area contributed by atoms with Gasteiger partial charge < -0.3 is 20.8 Å². The molecule has 0 heterocycles. The molecule has 0 spiro atoms. The summed E-state index contributed by atoms with van der Waals surface area (Å²) in [6, 6.07) is 10.7. The molecule has 1 fully saturated rings. The number of carbonyl (C=O) groups excluding carboxylic acids is 2. The van der Waals surface area contributed by atoms with E-state index in [4.69, 9.17) is 0 Å². The van der Waals surface area contributed by atoms with Crippen molar-refractivity contribution in [1.82, 2.24) is 15.5 Å². The highest BCUT2D eigenvalue weighted by Gasteiger charge is 2.32. The maximum atomic E-state index is 13.5. The van der Waals surface area contributed by atoms with Gasteiger partial charge in [0.1, 0.15) is 6.10 Å². The molecule has 0 unspecified atom stereocenters. The van der Waals surface area contributed by atoms with E-state index in [1.54, 1.807) is 0 Å². The number of carbonyl (C=O) groups is 2. The molecule has 5 atom stereocenters. The van der Waals surface area contributed by atoms with Gasteiger partial charge >= 0.3 is 0 Å². The van der Waals surface area contributed by atoms with E-state index in [1.807, 2.05) is 50.7 Å². The number of hydrogen-bond donors (Lipinski definition) is 4. The van der Waals surface area contributed by atoms with Gasteiger partial charge in [-0.2, -0.15) is 11.8 Å². The van der Waals surface area contributed by atoms with E-state index in [1.165, 1.54) is 19.3 Å². The molecule has 0 aromatic heterocycles. The first-order valence-electron chi connectivity index (χ1n) is 17.7. The lowest BCUT2D eigenvalue weighted by molar-refractivity contribution is -0.128. The molecule has 258 valence electrons. The Balaban J connectivity index is 1.96. The van der Waals surface area contributed by atoms with Gasteiger partial charge in [0.2, 0.25) is 11.8 Å². The zero-order valence-electron chi connectivity index (χ0n) is 29.3. The lowest BCUT2D eigenvalue weighted by Gasteiger charge is -2.33. The Hall–Kier alpha value is -1.61. The van der Waals surface area contributed by atoms with E-state index in [0.29, 0.717) is 37.3 Å². The fourth-order valence-electron chi connectivity index (χ4n) is 6.59. The summed E-state index contributed by atoms with van der Waals surface area (Å²) in [5.74, 6) is 1.55. The fraction of sp³-hybridized carbons (Fsp3) is 0.784. The number of nitrogens with one attached hydrogen (secondary N) is 2. The van der Waals surface area contributed by atoms with Crippen molar-refractivity contribution in [3.05, 3.63) is 35.9 Å². The lowest BCUT2D eigenvalue weighted by Crippen LogP contribution is -2.52. The summed E-state index contributed by atoms with van der Waals surface area (Å²) >= 11 is 1.83. The molecule has 8 heteroatoms. The van der Waals surface area contributed by atoms with Gasteiger partial charge in [-0.1, -0.05) is 83.2 Å². The van der Waals surface area contributed by atoms with Crippen LogP contribution < -0.4 is 10.6 Å². The third-order valence-corrected chi connectivity index (χ3v) is 10.5. The Bertz CT molecular complexity index is 946. The van der Waals surface area contributed by atoms with Crippen molar-refractivity contribution in [3.63, 3.8) is 0 Å². The predicted molar refractivity (Wildman–Crippen MR) is 189 cm³/mol. The zero-order chi connectivity index (χ0) is 33.4. The average molecular weight is 648 g/mol. The second-order valence-electron chi connectivity index (χ2n) is 14.4. The van der Waals surface area contributed by atoms with Crippen LogP contribution in [-0.4, -0.2) is 81.9 Å². The smallest absolute Gasteiger partial charge is 0.224 e. The highest BCUT2D eigenvalue weighted by Crippen LogP contribution is 2.29. The van der Waals surface area contributed by atoms with Crippen LogP contribution in [0.3, 0.4) is 0 Å². The average Bonchev–Trinajstić information content (AvgIpc) is 3.00. The first-order valence-corrected chi connectivity index (χ1v) is 18.9. The van der Waals surface area contributed by atoms with Crippen molar-refractivity contribution in [2.75, 3.05) is 24.6 Å². The number of amides is 2. The Labute approximate surface area is 279 Å². The first kappa shape index (κ1) is 39.6. The van der Waals surface area contributed by atoms with Gasteiger partial charge in [0.05, 0.1) is 24.0 Å². The van der Waals surface area contributed by atoms with Crippen molar-refractivity contribution in [3.8, 4) is 0 Å². The summed E-state index contributed by atoms with van der Waals surface area (Å²) < 4.78 is 0. The van der Waals surface area contributed by atoms with Crippen LogP contribution >= 0.6 is 11.8 Å². The Kier molecular flexibility index (Phi) is 18.7.